The van der Waals surface area contributed by atoms with E-state index >= 15 is 0 Å². The molecule has 2 N–H and O–H groups in total. The third-order valence-corrected chi connectivity index (χ3v) is 5.60. The normalized spacial score (nSPS) is 10.6. The van der Waals surface area contributed by atoms with Crippen LogP contribution in [0.3, 0.4) is 0 Å². The fourth-order valence-electron chi connectivity index (χ4n) is 2.47. The van der Waals surface area contributed by atoms with Crippen LogP contribution in [0.4, 0.5) is 5.13 Å². The van der Waals surface area contributed by atoms with Gasteiger partial charge in [-0.05, 0) is 55.4 Å². The predicted octanol–water partition coefficient (Wildman–Crippen LogP) is 4.81. The molecule has 1 aromatic heterocycles. The second-order valence-corrected chi connectivity index (χ2v) is 7.97. The number of aromatic nitrogens is 1. The first-order valence-electron chi connectivity index (χ1n) is 7.71. The summed E-state index contributed by atoms with van der Waals surface area (Å²) in [7, 11) is 1.52. The van der Waals surface area contributed by atoms with Gasteiger partial charge in [0.05, 0.1) is 22.9 Å². The smallest absolute Gasteiger partial charge is 0.261 e. The lowest BCUT2D eigenvalue weighted by atomic mass is 10.1. The number of halogens is 1. The average molecular weight is 450 g/mol. The number of carbonyl (C=O) groups is 1. The number of fused-ring (bicyclic) bond motifs is 1. The molecule has 0 atom stereocenters. The SMILES string of the molecule is COc1ccc(Br)cc1C(=O)NC(=S)Nc1nc2c(C)ccc(C)c2s1. The molecular weight excluding hydrogens is 434 g/mol. The van der Waals surface area contributed by atoms with Crippen molar-refractivity contribution >= 4 is 65.9 Å². The lowest BCUT2D eigenvalue weighted by Crippen LogP contribution is -2.34. The van der Waals surface area contributed by atoms with E-state index in [0.717, 1.165) is 25.8 Å². The van der Waals surface area contributed by atoms with E-state index in [9.17, 15) is 4.79 Å². The van der Waals surface area contributed by atoms with E-state index in [1.54, 1.807) is 18.2 Å². The summed E-state index contributed by atoms with van der Waals surface area (Å²) in [6.45, 7) is 4.06. The molecule has 26 heavy (non-hydrogen) atoms. The molecule has 0 aliphatic heterocycles. The molecule has 1 amide bonds. The van der Waals surface area contributed by atoms with Crippen LogP contribution in [0.1, 0.15) is 21.5 Å². The molecule has 0 unspecified atom stereocenters. The second kappa shape index (κ2) is 7.69. The highest BCUT2D eigenvalue weighted by molar-refractivity contribution is 9.10. The number of thiazole rings is 1. The van der Waals surface area contributed by atoms with E-state index in [1.165, 1.54) is 18.4 Å². The molecule has 0 aliphatic rings. The largest absolute Gasteiger partial charge is 0.496 e. The predicted molar refractivity (Wildman–Crippen MR) is 113 cm³/mol. The summed E-state index contributed by atoms with van der Waals surface area (Å²) in [5.41, 5.74) is 3.59. The highest BCUT2D eigenvalue weighted by Gasteiger charge is 2.15. The van der Waals surface area contributed by atoms with Gasteiger partial charge in [-0.25, -0.2) is 4.98 Å². The van der Waals surface area contributed by atoms with Crippen LogP contribution in [0.5, 0.6) is 5.75 Å². The van der Waals surface area contributed by atoms with Crippen LogP contribution in [0.25, 0.3) is 10.2 Å². The summed E-state index contributed by atoms with van der Waals surface area (Å²) in [6.07, 6.45) is 0. The Labute approximate surface area is 168 Å². The zero-order chi connectivity index (χ0) is 18.8. The molecule has 0 spiro atoms. The first-order chi connectivity index (χ1) is 12.4. The zero-order valence-corrected chi connectivity index (χ0v) is 17.6. The van der Waals surface area contributed by atoms with Gasteiger partial charge in [0, 0.05) is 4.47 Å². The van der Waals surface area contributed by atoms with Gasteiger partial charge in [0.1, 0.15) is 5.75 Å². The molecule has 2 aromatic carbocycles. The van der Waals surface area contributed by atoms with E-state index < -0.39 is 0 Å². The molecule has 0 radical (unpaired) electrons. The molecule has 0 fully saturated rings. The maximum absolute atomic E-state index is 12.5. The van der Waals surface area contributed by atoms with Crippen LogP contribution in [0.15, 0.2) is 34.8 Å². The standard InChI is InChI=1S/C18H16BrN3O2S2/c1-9-4-5-10(2)15-14(9)20-18(26-15)22-17(25)21-16(23)12-8-11(19)6-7-13(12)24-3/h4-8H,1-3H3,(H2,20,21,22,23,25). The summed E-state index contributed by atoms with van der Waals surface area (Å²) >= 11 is 10.1. The van der Waals surface area contributed by atoms with Crippen LogP contribution < -0.4 is 15.4 Å². The number of nitrogens with zero attached hydrogens (tertiary/aromatic N) is 1. The lowest BCUT2D eigenvalue weighted by Gasteiger charge is -2.10. The van der Waals surface area contributed by atoms with E-state index in [-0.39, 0.29) is 11.0 Å². The van der Waals surface area contributed by atoms with E-state index in [4.69, 9.17) is 17.0 Å². The Morgan fingerprint density at radius 1 is 1.23 bits per heavy atom. The number of anilines is 1. The minimum atomic E-state index is -0.353. The van der Waals surface area contributed by atoms with Crippen molar-refractivity contribution in [3.05, 3.63) is 51.5 Å². The Kier molecular flexibility index (Phi) is 5.55. The number of thiocarbonyl (C=S) groups is 1. The number of hydrogen-bond donors (Lipinski definition) is 2. The van der Waals surface area contributed by atoms with Crippen molar-refractivity contribution in [1.82, 2.24) is 10.3 Å². The first kappa shape index (κ1) is 18.8. The Bertz CT molecular complexity index is 978. The van der Waals surface area contributed by atoms with Crippen molar-refractivity contribution < 1.29 is 9.53 Å². The quantitative estimate of drug-likeness (QED) is 0.561. The van der Waals surface area contributed by atoms with Crippen LogP contribution in [-0.4, -0.2) is 23.1 Å². The second-order valence-electron chi connectivity index (χ2n) is 5.65. The maximum Gasteiger partial charge on any atom is 0.261 e. The van der Waals surface area contributed by atoms with Gasteiger partial charge in [-0.3, -0.25) is 10.1 Å². The number of ether oxygens (including phenoxy) is 1. The summed E-state index contributed by atoms with van der Waals surface area (Å²) < 4.78 is 7.12. The minimum absolute atomic E-state index is 0.186. The Morgan fingerprint density at radius 2 is 1.96 bits per heavy atom. The van der Waals surface area contributed by atoms with Gasteiger partial charge < -0.3 is 10.1 Å². The number of aryl methyl sites for hydroxylation is 2. The van der Waals surface area contributed by atoms with Crippen molar-refractivity contribution in [2.45, 2.75) is 13.8 Å². The third kappa shape index (κ3) is 3.87. The highest BCUT2D eigenvalue weighted by atomic mass is 79.9. The number of methoxy groups -OCH3 is 1. The van der Waals surface area contributed by atoms with Crippen molar-refractivity contribution in [2.24, 2.45) is 0 Å². The Hall–Kier alpha value is -2.03. The molecule has 134 valence electrons. The van der Waals surface area contributed by atoms with Gasteiger partial charge in [-0.1, -0.05) is 39.4 Å². The van der Waals surface area contributed by atoms with Crippen LogP contribution in [0, 0.1) is 13.8 Å². The summed E-state index contributed by atoms with van der Waals surface area (Å²) in [6, 6.07) is 9.31. The van der Waals surface area contributed by atoms with Crippen molar-refractivity contribution in [1.29, 1.82) is 0 Å². The molecule has 3 aromatic rings. The molecule has 0 saturated heterocycles. The van der Waals surface area contributed by atoms with Crippen LogP contribution in [-0.2, 0) is 0 Å². The number of rotatable bonds is 3. The van der Waals surface area contributed by atoms with Crippen molar-refractivity contribution in [3.8, 4) is 5.75 Å². The Balaban J connectivity index is 1.77. The molecule has 3 rings (SSSR count). The number of hydrogen-bond acceptors (Lipinski definition) is 5. The van der Waals surface area contributed by atoms with E-state index in [1.807, 2.05) is 19.9 Å². The van der Waals surface area contributed by atoms with Gasteiger partial charge in [0.15, 0.2) is 10.2 Å². The summed E-state index contributed by atoms with van der Waals surface area (Å²) in [5, 5.41) is 6.49. The third-order valence-electron chi connectivity index (χ3n) is 3.80. The molecule has 0 saturated carbocycles. The molecule has 0 bridgehead atoms. The zero-order valence-electron chi connectivity index (χ0n) is 14.3. The monoisotopic (exact) mass is 449 g/mol. The molecule has 8 heteroatoms. The first-order valence-corrected chi connectivity index (χ1v) is 9.73. The number of carbonyl (C=O) groups excluding carboxylic acids is 1. The Morgan fingerprint density at radius 3 is 2.65 bits per heavy atom. The fraction of sp³-hybridized carbons (Fsp3) is 0.167. The lowest BCUT2D eigenvalue weighted by molar-refractivity contribution is 0.0974. The maximum atomic E-state index is 12.5. The highest BCUT2D eigenvalue weighted by Crippen LogP contribution is 2.30. The van der Waals surface area contributed by atoms with E-state index in [0.29, 0.717) is 16.4 Å². The van der Waals surface area contributed by atoms with Crippen LogP contribution >= 0.6 is 39.5 Å². The van der Waals surface area contributed by atoms with Gasteiger partial charge in [0.2, 0.25) is 0 Å². The van der Waals surface area contributed by atoms with E-state index in [2.05, 4.69) is 37.6 Å². The topological polar surface area (TPSA) is 63.2 Å². The van der Waals surface area contributed by atoms with Crippen molar-refractivity contribution in [2.75, 3.05) is 12.4 Å². The van der Waals surface area contributed by atoms with Crippen LogP contribution in [0.2, 0.25) is 0 Å². The molecule has 5 nitrogen and oxygen atoms in total. The number of nitrogens with one attached hydrogen (secondary N) is 2. The molecule has 0 aliphatic carbocycles. The fourth-order valence-corrected chi connectivity index (χ4v) is 4.10. The number of benzene rings is 2. The molecule has 1 heterocycles. The summed E-state index contributed by atoms with van der Waals surface area (Å²) in [5.74, 6) is 0.119. The van der Waals surface area contributed by atoms with Gasteiger partial charge in [0.25, 0.3) is 5.91 Å². The molecular formula is C18H16BrN3O2S2. The van der Waals surface area contributed by atoms with Gasteiger partial charge in [-0.2, -0.15) is 0 Å². The number of amides is 1. The minimum Gasteiger partial charge on any atom is -0.496 e. The summed E-state index contributed by atoms with van der Waals surface area (Å²) in [4.78, 5) is 17.1. The van der Waals surface area contributed by atoms with Gasteiger partial charge >= 0.3 is 0 Å². The van der Waals surface area contributed by atoms with Crippen molar-refractivity contribution in [3.63, 3.8) is 0 Å². The average Bonchev–Trinajstić information content (AvgIpc) is 3.03. The van der Waals surface area contributed by atoms with Gasteiger partial charge in [-0.15, -0.1) is 0 Å².